The number of rotatable bonds is 2. The lowest BCUT2D eigenvalue weighted by Crippen LogP contribution is -2.31. The molecule has 2 rings (SSSR count). The van der Waals surface area contributed by atoms with Gasteiger partial charge in [0.15, 0.2) is 6.29 Å². The number of hydrogen-bond acceptors (Lipinski definition) is 3. The van der Waals surface area contributed by atoms with Crippen molar-refractivity contribution in [1.29, 1.82) is 0 Å². The van der Waals surface area contributed by atoms with Crippen LogP contribution in [0, 0.1) is 0 Å². The fourth-order valence-corrected chi connectivity index (χ4v) is 1.50. The van der Waals surface area contributed by atoms with Gasteiger partial charge in [-0.1, -0.05) is 0 Å². The predicted molar refractivity (Wildman–Crippen MR) is 41.9 cm³/mol. The number of imidazole rings is 1. The van der Waals surface area contributed by atoms with E-state index in [0.29, 0.717) is 5.69 Å². The minimum absolute atomic E-state index is 0.197. The number of carbonyl (C=O) groups excluding carboxylic acids is 1. The Bertz CT molecular complexity index is 289. The third-order valence-electron chi connectivity index (χ3n) is 2.30. The second-order valence-electron chi connectivity index (χ2n) is 3.12. The van der Waals surface area contributed by atoms with Crippen LogP contribution in [0.25, 0.3) is 0 Å². The summed E-state index contributed by atoms with van der Waals surface area (Å²) in [5.74, 6) is 0. The molecule has 1 aliphatic carbocycles. The van der Waals surface area contributed by atoms with Crippen LogP contribution in [-0.4, -0.2) is 27.0 Å². The Morgan fingerprint density at radius 3 is 3.00 bits per heavy atom. The molecule has 1 heterocycles. The maximum absolute atomic E-state index is 10.5. The number of carbonyl (C=O) groups is 1. The largest absolute Gasteiger partial charge is 0.393 e. The molecule has 12 heavy (non-hydrogen) atoms. The first-order chi connectivity index (χ1) is 5.81. The van der Waals surface area contributed by atoms with E-state index in [1.165, 1.54) is 6.20 Å². The molecule has 1 aromatic rings. The third kappa shape index (κ3) is 1.04. The van der Waals surface area contributed by atoms with Gasteiger partial charge in [0.1, 0.15) is 5.69 Å². The molecule has 1 N–H and O–H groups in total. The summed E-state index contributed by atoms with van der Waals surface area (Å²) in [5, 5.41) is 9.06. The molecule has 0 amide bonds. The molecular formula is C8H10N2O2. The summed E-state index contributed by atoms with van der Waals surface area (Å²) in [6, 6.07) is 0.266. The zero-order valence-electron chi connectivity index (χ0n) is 6.55. The molecule has 0 aliphatic heterocycles. The summed E-state index contributed by atoms with van der Waals surface area (Å²) in [6.07, 6.45) is 5.24. The van der Waals surface area contributed by atoms with Gasteiger partial charge >= 0.3 is 0 Å². The third-order valence-corrected chi connectivity index (χ3v) is 2.30. The Hall–Kier alpha value is -1.16. The number of aldehydes is 1. The predicted octanol–water partition coefficient (Wildman–Crippen LogP) is 0.391. The Kier molecular flexibility index (Phi) is 1.69. The summed E-state index contributed by atoms with van der Waals surface area (Å²) in [6.45, 7) is 0. The second-order valence-corrected chi connectivity index (χ2v) is 3.12. The van der Waals surface area contributed by atoms with E-state index in [9.17, 15) is 4.79 Å². The maximum Gasteiger partial charge on any atom is 0.168 e. The van der Waals surface area contributed by atoms with E-state index in [1.807, 2.05) is 4.57 Å². The van der Waals surface area contributed by atoms with E-state index in [1.54, 1.807) is 6.33 Å². The molecule has 0 spiro atoms. The fourth-order valence-electron chi connectivity index (χ4n) is 1.50. The molecule has 0 unspecified atom stereocenters. The van der Waals surface area contributed by atoms with E-state index in [-0.39, 0.29) is 12.1 Å². The van der Waals surface area contributed by atoms with Gasteiger partial charge in [0.2, 0.25) is 0 Å². The van der Waals surface area contributed by atoms with Gasteiger partial charge in [0.05, 0.1) is 18.6 Å². The van der Waals surface area contributed by atoms with Crippen LogP contribution < -0.4 is 0 Å². The van der Waals surface area contributed by atoms with E-state index in [0.717, 1.165) is 19.1 Å². The van der Waals surface area contributed by atoms with Crippen molar-refractivity contribution in [1.82, 2.24) is 9.55 Å². The van der Waals surface area contributed by atoms with E-state index < -0.39 is 0 Å². The molecule has 1 aliphatic rings. The van der Waals surface area contributed by atoms with Crippen molar-refractivity contribution >= 4 is 6.29 Å². The van der Waals surface area contributed by atoms with E-state index in [2.05, 4.69) is 4.98 Å². The van der Waals surface area contributed by atoms with Gasteiger partial charge in [0, 0.05) is 6.04 Å². The van der Waals surface area contributed by atoms with Crippen LogP contribution >= 0.6 is 0 Å². The number of nitrogens with zero attached hydrogens (tertiary/aromatic N) is 2. The molecule has 0 bridgehead atoms. The van der Waals surface area contributed by atoms with E-state index >= 15 is 0 Å². The number of aliphatic hydroxyl groups excluding tert-OH is 1. The molecule has 0 saturated heterocycles. The van der Waals surface area contributed by atoms with Crippen LogP contribution in [-0.2, 0) is 0 Å². The lowest BCUT2D eigenvalue weighted by Gasteiger charge is -2.32. The van der Waals surface area contributed by atoms with Crippen molar-refractivity contribution in [2.75, 3.05) is 0 Å². The van der Waals surface area contributed by atoms with Gasteiger partial charge < -0.3 is 9.67 Å². The number of hydrogen-bond donors (Lipinski definition) is 1. The molecule has 1 aromatic heterocycles. The molecule has 4 nitrogen and oxygen atoms in total. The molecule has 64 valence electrons. The SMILES string of the molecule is O=Cc1cncn1C1CC(O)C1. The van der Waals surface area contributed by atoms with Gasteiger partial charge in [-0.25, -0.2) is 4.98 Å². The monoisotopic (exact) mass is 166 g/mol. The van der Waals surface area contributed by atoms with Crippen molar-refractivity contribution in [3.63, 3.8) is 0 Å². The van der Waals surface area contributed by atoms with Crippen LogP contribution in [0.4, 0.5) is 0 Å². The minimum Gasteiger partial charge on any atom is -0.393 e. The lowest BCUT2D eigenvalue weighted by molar-refractivity contribution is 0.0474. The smallest absolute Gasteiger partial charge is 0.168 e. The molecule has 0 atom stereocenters. The van der Waals surface area contributed by atoms with Crippen LogP contribution in [0.1, 0.15) is 29.4 Å². The normalized spacial score (nSPS) is 28.1. The second kappa shape index (κ2) is 2.71. The van der Waals surface area contributed by atoms with Gasteiger partial charge in [-0.15, -0.1) is 0 Å². The molecule has 0 aromatic carbocycles. The number of aromatic nitrogens is 2. The first-order valence-electron chi connectivity index (χ1n) is 3.96. The standard InChI is InChI=1S/C8H10N2O2/c11-4-7-3-9-5-10(7)6-1-8(12)2-6/h3-6,8,12H,1-2H2. The molecule has 1 fully saturated rings. The highest BCUT2D eigenvalue weighted by molar-refractivity contribution is 5.71. The Morgan fingerprint density at radius 2 is 2.42 bits per heavy atom. The highest BCUT2D eigenvalue weighted by atomic mass is 16.3. The van der Waals surface area contributed by atoms with Gasteiger partial charge in [-0.05, 0) is 12.8 Å². The Morgan fingerprint density at radius 1 is 1.67 bits per heavy atom. The van der Waals surface area contributed by atoms with Crippen molar-refractivity contribution in [3.05, 3.63) is 18.2 Å². The van der Waals surface area contributed by atoms with Crippen LogP contribution in [0.2, 0.25) is 0 Å². The topological polar surface area (TPSA) is 55.1 Å². The summed E-state index contributed by atoms with van der Waals surface area (Å²) >= 11 is 0. The summed E-state index contributed by atoms with van der Waals surface area (Å²) in [4.78, 5) is 14.4. The highest BCUT2D eigenvalue weighted by Gasteiger charge is 2.29. The number of aliphatic hydroxyl groups is 1. The summed E-state index contributed by atoms with van der Waals surface area (Å²) in [7, 11) is 0. The maximum atomic E-state index is 10.5. The van der Waals surface area contributed by atoms with E-state index in [4.69, 9.17) is 5.11 Å². The molecular weight excluding hydrogens is 156 g/mol. The molecule has 4 heteroatoms. The minimum atomic E-state index is -0.197. The van der Waals surface area contributed by atoms with Crippen molar-refractivity contribution in [2.24, 2.45) is 0 Å². The summed E-state index contributed by atoms with van der Waals surface area (Å²) < 4.78 is 1.82. The fraction of sp³-hybridized carbons (Fsp3) is 0.500. The van der Waals surface area contributed by atoms with Crippen molar-refractivity contribution in [3.8, 4) is 0 Å². The Labute approximate surface area is 69.8 Å². The average molecular weight is 166 g/mol. The zero-order valence-corrected chi connectivity index (χ0v) is 6.55. The lowest BCUT2D eigenvalue weighted by atomic mass is 9.89. The zero-order chi connectivity index (χ0) is 8.55. The first-order valence-corrected chi connectivity index (χ1v) is 3.96. The van der Waals surface area contributed by atoms with Crippen molar-refractivity contribution < 1.29 is 9.90 Å². The molecule has 1 saturated carbocycles. The van der Waals surface area contributed by atoms with Gasteiger partial charge in [0.25, 0.3) is 0 Å². The molecule has 0 radical (unpaired) electrons. The quantitative estimate of drug-likeness (QED) is 0.646. The Balaban J connectivity index is 2.17. The van der Waals surface area contributed by atoms with Crippen LogP contribution in [0.3, 0.4) is 0 Å². The van der Waals surface area contributed by atoms with Gasteiger partial charge in [-0.3, -0.25) is 4.79 Å². The van der Waals surface area contributed by atoms with Crippen molar-refractivity contribution in [2.45, 2.75) is 25.0 Å². The van der Waals surface area contributed by atoms with Crippen LogP contribution in [0.15, 0.2) is 12.5 Å². The average Bonchev–Trinajstić information content (AvgIpc) is 2.45. The van der Waals surface area contributed by atoms with Gasteiger partial charge in [-0.2, -0.15) is 0 Å². The van der Waals surface area contributed by atoms with Crippen LogP contribution in [0.5, 0.6) is 0 Å². The highest BCUT2D eigenvalue weighted by Crippen LogP contribution is 2.32. The first kappa shape index (κ1) is 7.49. The summed E-state index contributed by atoms with van der Waals surface area (Å²) in [5.41, 5.74) is 0.590.